The highest BCUT2D eigenvalue weighted by molar-refractivity contribution is 7.88. The summed E-state index contributed by atoms with van der Waals surface area (Å²) in [6.45, 7) is 4.08. The second-order valence-electron chi connectivity index (χ2n) is 8.61. The Kier molecular flexibility index (Phi) is 6.05. The molecule has 178 valence electrons. The first-order chi connectivity index (χ1) is 15.4. The van der Waals surface area contributed by atoms with Crippen LogP contribution in [0.1, 0.15) is 32.4 Å². The van der Waals surface area contributed by atoms with E-state index < -0.39 is 22.0 Å². The summed E-state index contributed by atoms with van der Waals surface area (Å²) in [4.78, 5) is 14.8. The van der Waals surface area contributed by atoms with Crippen LogP contribution >= 0.6 is 0 Å². The van der Waals surface area contributed by atoms with Gasteiger partial charge in [0.2, 0.25) is 10.0 Å². The summed E-state index contributed by atoms with van der Waals surface area (Å²) in [5.74, 6) is 0.181. The van der Waals surface area contributed by atoms with Crippen molar-refractivity contribution in [3.8, 4) is 11.4 Å². The highest BCUT2D eigenvalue weighted by atomic mass is 32.2. The van der Waals surface area contributed by atoms with Gasteiger partial charge in [0.15, 0.2) is 5.65 Å². The molecule has 3 unspecified atom stereocenters. The highest BCUT2D eigenvalue weighted by Crippen LogP contribution is 2.34. The minimum absolute atomic E-state index is 0.0839. The summed E-state index contributed by atoms with van der Waals surface area (Å²) >= 11 is 0. The molecule has 0 amide bonds. The Labute approximate surface area is 189 Å². The van der Waals surface area contributed by atoms with Gasteiger partial charge in [0.05, 0.1) is 23.7 Å². The van der Waals surface area contributed by atoms with E-state index in [0.717, 1.165) is 6.26 Å². The summed E-state index contributed by atoms with van der Waals surface area (Å²) in [6, 6.07) is 4.31. The van der Waals surface area contributed by atoms with Crippen LogP contribution in [0.25, 0.3) is 17.0 Å². The van der Waals surface area contributed by atoms with E-state index in [1.165, 1.54) is 29.2 Å². The smallest absolute Gasteiger partial charge is 0.282 e. The lowest BCUT2D eigenvalue weighted by Crippen LogP contribution is -2.57. The number of rotatable bonds is 6. The molecule has 1 aliphatic heterocycles. The van der Waals surface area contributed by atoms with Gasteiger partial charge in [-0.15, -0.1) is 0 Å². The van der Waals surface area contributed by atoms with E-state index in [9.17, 15) is 22.3 Å². The number of aromatic nitrogens is 5. The quantitative estimate of drug-likeness (QED) is 0.544. The predicted octanol–water partition coefficient (Wildman–Crippen LogP) is 1.64. The van der Waals surface area contributed by atoms with Crippen molar-refractivity contribution >= 4 is 21.5 Å². The standard InChI is InChI=1S/C20H25F2N7O3S/c1-12-7-20(2,30)13(8-26-33(3,31)32)10-28(12)18-6-15(24-11-25-18)16-9-23-17-5-4-14(19(21)22)27-29(16)17/h4-6,9,11-13,19,26,30H,7-8,10H2,1-3H3. The number of nitrogens with one attached hydrogen (secondary N) is 1. The van der Waals surface area contributed by atoms with Crippen LogP contribution in [-0.4, -0.2) is 69.1 Å². The summed E-state index contributed by atoms with van der Waals surface area (Å²) in [5, 5.41) is 14.9. The van der Waals surface area contributed by atoms with Crippen molar-refractivity contribution in [3.05, 3.63) is 36.4 Å². The van der Waals surface area contributed by atoms with Crippen molar-refractivity contribution in [1.82, 2.24) is 29.3 Å². The lowest BCUT2D eigenvalue weighted by molar-refractivity contribution is -0.0245. The third-order valence-electron chi connectivity index (χ3n) is 5.95. The van der Waals surface area contributed by atoms with E-state index in [4.69, 9.17) is 0 Å². The molecule has 1 saturated heterocycles. The first kappa shape index (κ1) is 23.4. The predicted molar refractivity (Wildman–Crippen MR) is 117 cm³/mol. The first-order valence-corrected chi connectivity index (χ1v) is 12.2. The monoisotopic (exact) mass is 481 g/mol. The third-order valence-corrected chi connectivity index (χ3v) is 6.64. The Morgan fingerprint density at radius 2 is 2.06 bits per heavy atom. The molecule has 0 radical (unpaired) electrons. The average Bonchev–Trinajstić information content (AvgIpc) is 3.15. The van der Waals surface area contributed by atoms with Crippen molar-refractivity contribution < 1.29 is 22.3 Å². The van der Waals surface area contributed by atoms with E-state index in [1.807, 2.05) is 11.8 Å². The maximum absolute atomic E-state index is 13.1. The van der Waals surface area contributed by atoms with Gasteiger partial charge in [-0.1, -0.05) is 0 Å². The molecule has 4 heterocycles. The molecule has 3 atom stereocenters. The van der Waals surface area contributed by atoms with E-state index in [2.05, 4.69) is 24.8 Å². The summed E-state index contributed by atoms with van der Waals surface area (Å²) in [5.41, 5.74) is -0.154. The molecule has 10 nitrogen and oxygen atoms in total. The second-order valence-corrected chi connectivity index (χ2v) is 10.4. The highest BCUT2D eigenvalue weighted by Gasteiger charge is 2.41. The molecule has 3 aromatic rings. The largest absolute Gasteiger partial charge is 0.390 e. The van der Waals surface area contributed by atoms with E-state index in [-0.39, 0.29) is 24.2 Å². The van der Waals surface area contributed by atoms with Gasteiger partial charge in [-0.25, -0.2) is 41.4 Å². The van der Waals surface area contributed by atoms with Crippen molar-refractivity contribution in [2.45, 2.75) is 38.3 Å². The Hall–Kier alpha value is -2.77. The van der Waals surface area contributed by atoms with Crippen LogP contribution in [-0.2, 0) is 10.0 Å². The van der Waals surface area contributed by atoms with E-state index in [0.29, 0.717) is 35.8 Å². The lowest BCUT2D eigenvalue weighted by atomic mass is 9.79. The number of hydrogen-bond donors (Lipinski definition) is 2. The fraction of sp³-hybridized carbons (Fsp3) is 0.500. The molecule has 1 fully saturated rings. The zero-order valence-electron chi connectivity index (χ0n) is 18.4. The van der Waals surface area contributed by atoms with Gasteiger partial charge in [-0.2, -0.15) is 5.10 Å². The SMILES string of the molecule is CC1CC(C)(O)C(CNS(C)(=O)=O)CN1c1cc(-c2cnc3ccc(C(F)F)nn23)ncn1. The Bertz CT molecular complexity index is 1270. The van der Waals surface area contributed by atoms with Crippen LogP contribution in [0.4, 0.5) is 14.6 Å². The van der Waals surface area contributed by atoms with E-state index in [1.54, 1.807) is 13.0 Å². The Morgan fingerprint density at radius 1 is 1.30 bits per heavy atom. The Morgan fingerprint density at radius 3 is 2.76 bits per heavy atom. The lowest BCUT2D eigenvalue weighted by Gasteiger charge is -2.47. The van der Waals surface area contributed by atoms with Crippen molar-refractivity contribution in [2.24, 2.45) is 5.92 Å². The maximum Gasteiger partial charge on any atom is 0.282 e. The van der Waals surface area contributed by atoms with Crippen molar-refractivity contribution in [2.75, 3.05) is 24.2 Å². The fourth-order valence-electron chi connectivity index (χ4n) is 4.17. The molecule has 13 heteroatoms. The van der Waals surface area contributed by atoms with Crippen LogP contribution in [0, 0.1) is 5.92 Å². The van der Waals surface area contributed by atoms with Gasteiger partial charge < -0.3 is 10.0 Å². The van der Waals surface area contributed by atoms with Gasteiger partial charge >= 0.3 is 0 Å². The van der Waals surface area contributed by atoms with Crippen LogP contribution in [0.2, 0.25) is 0 Å². The summed E-state index contributed by atoms with van der Waals surface area (Å²) in [7, 11) is -3.41. The number of alkyl halides is 2. The number of aliphatic hydroxyl groups is 1. The first-order valence-electron chi connectivity index (χ1n) is 10.3. The number of piperidine rings is 1. The molecular formula is C20H25F2N7O3S. The fourth-order valence-corrected chi connectivity index (χ4v) is 4.67. The molecular weight excluding hydrogens is 456 g/mol. The number of nitrogens with zero attached hydrogens (tertiary/aromatic N) is 6. The zero-order valence-corrected chi connectivity index (χ0v) is 19.2. The number of halogens is 2. The van der Waals surface area contributed by atoms with E-state index >= 15 is 0 Å². The van der Waals surface area contributed by atoms with Gasteiger partial charge in [0, 0.05) is 31.1 Å². The van der Waals surface area contributed by atoms with Gasteiger partial charge in [-0.3, -0.25) is 0 Å². The summed E-state index contributed by atoms with van der Waals surface area (Å²) < 4.78 is 53.2. The topological polar surface area (TPSA) is 126 Å². The normalized spacial score (nSPS) is 24.0. The zero-order chi connectivity index (χ0) is 24.0. The van der Waals surface area contributed by atoms with Crippen LogP contribution < -0.4 is 9.62 Å². The average molecular weight is 482 g/mol. The molecule has 0 spiro atoms. The molecule has 2 N–H and O–H groups in total. The molecule has 0 bridgehead atoms. The van der Waals surface area contributed by atoms with Crippen LogP contribution in [0.15, 0.2) is 30.7 Å². The molecule has 0 aromatic carbocycles. The second kappa shape index (κ2) is 8.54. The van der Waals surface area contributed by atoms with Crippen LogP contribution in [0.5, 0.6) is 0 Å². The molecule has 0 aliphatic carbocycles. The van der Waals surface area contributed by atoms with Gasteiger partial charge in [0.1, 0.15) is 23.5 Å². The number of sulfonamides is 1. The molecule has 33 heavy (non-hydrogen) atoms. The summed E-state index contributed by atoms with van der Waals surface area (Å²) in [6.07, 6.45) is 1.63. The van der Waals surface area contributed by atoms with Crippen molar-refractivity contribution in [1.29, 1.82) is 0 Å². The minimum Gasteiger partial charge on any atom is -0.390 e. The molecule has 4 rings (SSSR count). The molecule has 3 aromatic heterocycles. The Balaban J connectivity index is 1.66. The minimum atomic E-state index is -3.41. The third kappa shape index (κ3) is 4.94. The van der Waals surface area contributed by atoms with Gasteiger partial charge in [-0.05, 0) is 32.4 Å². The molecule has 0 saturated carbocycles. The number of fused-ring (bicyclic) bond motifs is 1. The number of hydrogen-bond acceptors (Lipinski definition) is 8. The van der Waals surface area contributed by atoms with Crippen LogP contribution in [0.3, 0.4) is 0 Å². The maximum atomic E-state index is 13.1. The van der Waals surface area contributed by atoms with Gasteiger partial charge in [0.25, 0.3) is 6.43 Å². The number of imidazole rings is 1. The molecule has 1 aliphatic rings. The van der Waals surface area contributed by atoms with Crippen molar-refractivity contribution in [3.63, 3.8) is 0 Å². The number of anilines is 1.